The van der Waals surface area contributed by atoms with Crippen LogP contribution in [0.3, 0.4) is 0 Å². The minimum absolute atomic E-state index is 0.356. The third kappa shape index (κ3) is 3.43. The van der Waals surface area contributed by atoms with Crippen molar-refractivity contribution in [1.82, 2.24) is 5.32 Å². The van der Waals surface area contributed by atoms with Gasteiger partial charge in [-0.15, -0.1) is 0 Å². The molecule has 0 aromatic heterocycles. The predicted octanol–water partition coefficient (Wildman–Crippen LogP) is -0.511. The summed E-state index contributed by atoms with van der Waals surface area (Å²) >= 11 is 0. The van der Waals surface area contributed by atoms with Gasteiger partial charge < -0.3 is 11.1 Å². The molecule has 0 radical (unpaired) electrons. The highest BCUT2D eigenvalue weighted by Gasteiger charge is 1.73. The van der Waals surface area contributed by atoms with Crippen LogP contribution in [0.5, 0.6) is 0 Å². The molecule has 0 rings (SSSR count). The summed E-state index contributed by atoms with van der Waals surface area (Å²) in [5.74, 6) is 0.414. The van der Waals surface area contributed by atoms with Crippen LogP contribution in [-0.2, 0) is 0 Å². The Bertz CT molecular complexity index is 50.0. The lowest BCUT2D eigenvalue weighted by molar-refractivity contribution is 0.915. The van der Waals surface area contributed by atoms with E-state index in [2.05, 4.69) is 5.32 Å². The van der Waals surface area contributed by atoms with Gasteiger partial charge in [0.2, 0.25) is 0 Å². The third-order valence-electron chi connectivity index (χ3n) is 0.367. The summed E-state index contributed by atoms with van der Waals surface area (Å²) in [4.78, 5) is 0. The summed E-state index contributed by atoms with van der Waals surface area (Å²) in [6.45, 7) is 2.00. The second-order valence-electron chi connectivity index (χ2n) is 1.01. The first kappa shape index (κ1) is 5.43. The molecule has 0 bridgehead atoms. The maximum Gasteiger partial charge on any atom is 0.0909 e. The molecular weight excluding hydrogens is 78.1 g/mol. The van der Waals surface area contributed by atoms with Crippen molar-refractivity contribution in [1.29, 1.82) is 5.41 Å². The lowest BCUT2D eigenvalue weighted by atomic mass is 10.7. The molecule has 0 aromatic carbocycles. The Labute approximate surface area is 37.0 Å². The van der Waals surface area contributed by atoms with E-state index in [0.29, 0.717) is 12.5 Å². The minimum Gasteiger partial charge on any atom is -0.362 e. The van der Waals surface area contributed by atoms with Crippen LogP contribution in [-0.4, -0.2) is 12.5 Å². The van der Waals surface area contributed by atoms with Crippen LogP contribution in [0.4, 0.5) is 0 Å². The first-order chi connectivity index (χ1) is 2.77. The second kappa shape index (κ2) is 2.66. The second-order valence-corrected chi connectivity index (χ2v) is 1.01. The van der Waals surface area contributed by atoms with Crippen molar-refractivity contribution in [2.45, 2.75) is 6.92 Å². The zero-order valence-corrected chi connectivity index (χ0v) is 3.78. The van der Waals surface area contributed by atoms with Gasteiger partial charge in [-0.1, -0.05) is 0 Å². The monoisotopic (exact) mass is 87.1 g/mol. The largest absolute Gasteiger partial charge is 0.362 e. The van der Waals surface area contributed by atoms with Crippen LogP contribution < -0.4 is 11.1 Å². The predicted molar refractivity (Wildman–Crippen MR) is 25.6 cm³/mol. The van der Waals surface area contributed by atoms with E-state index in [9.17, 15) is 0 Å². The van der Waals surface area contributed by atoms with E-state index in [1.165, 1.54) is 0 Å². The fourth-order valence-corrected chi connectivity index (χ4v) is 0.153. The highest BCUT2D eigenvalue weighted by molar-refractivity contribution is 5.75. The standard InChI is InChI=1S/C3H9N3/c1-3(5)6-2-4/h2,4H2,1H3,(H2,5,6). The zero-order chi connectivity index (χ0) is 4.99. The Hall–Kier alpha value is -0.570. The molecule has 3 nitrogen and oxygen atoms in total. The lowest BCUT2D eigenvalue weighted by Crippen LogP contribution is -2.25. The first-order valence-electron chi connectivity index (χ1n) is 1.76. The van der Waals surface area contributed by atoms with E-state index in [0.717, 1.165) is 0 Å². The van der Waals surface area contributed by atoms with Crippen LogP contribution in [0.25, 0.3) is 0 Å². The average Bonchev–Trinajstić information content (AvgIpc) is 1.35. The maximum absolute atomic E-state index is 6.70. The van der Waals surface area contributed by atoms with Gasteiger partial charge in [-0.3, -0.25) is 5.41 Å². The zero-order valence-electron chi connectivity index (χ0n) is 3.78. The van der Waals surface area contributed by atoms with E-state index in [-0.39, 0.29) is 0 Å². The van der Waals surface area contributed by atoms with E-state index in [1.807, 2.05) is 0 Å². The van der Waals surface area contributed by atoms with Gasteiger partial charge in [-0.2, -0.15) is 0 Å². The molecule has 0 aliphatic heterocycles. The van der Waals surface area contributed by atoms with Crippen molar-refractivity contribution in [3.8, 4) is 0 Å². The smallest absolute Gasteiger partial charge is 0.0909 e. The fraction of sp³-hybridized carbons (Fsp3) is 0.667. The number of rotatable bonds is 1. The normalized spacial score (nSPS) is 7.67. The SMILES string of the molecule is CC(=N)NCN. The summed E-state index contributed by atoms with van der Waals surface area (Å²) in [6.07, 6.45) is 0. The van der Waals surface area contributed by atoms with Crippen molar-refractivity contribution in [3.05, 3.63) is 0 Å². The van der Waals surface area contributed by atoms with Gasteiger partial charge in [0.15, 0.2) is 0 Å². The average molecular weight is 87.1 g/mol. The maximum atomic E-state index is 6.70. The highest BCUT2D eigenvalue weighted by Crippen LogP contribution is 1.50. The van der Waals surface area contributed by atoms with Gasteiger partial charge in [-0.05, 0) is 6.92 Å². The molecule has 36 valence electrons. The summed E-state index contributed by atoms with van der Waals surface area (Å²) in [5, 5.41) is 9.27. The molecule has 0 saturated heterocycles. The van der Waals surface area contributed by atoms with Crippen molar-refractivity contribution < 1.29 is 0 Å². The molecule has 0 unspecified atom stereocenters. The van der Waals surface area contributed by atoms with Gasteiger partial charge in [0.25, 0.3) is 0 Å². The van der Waals surface area contributed by atoms with Crippen LogP contribution in [0.15, 0.2) is 0 Å². The van der Waals surface area contributed by atoms with Crippen LogP contribution in [0, 0.1) is 5.41 Å². The van der Waals surface area contributed by atoms with Crippen LogP contribution in [0.1, 0.15) is 6.92 Å². The molecule has 0 spiro atoms. The molecular formula is C3H9N3. The van der Waals surface area contributed by atoms with Gasteiger partial charge >= 0.3 is 0 Å². The Morgan fingerprint density at radius 2 is 2.50 bits per heavy atom. The molecule has 0 aromatic rings. The third-order valence-corrected chi connectivity index (χ3v) is 0.367. The Morgan fingerprint density at radius 1 is 2.00 bits per heavy atom. The van der Waals surface area contributed by atoms with Gasteiger partial charge in [0, 0.05) is 0 Å². The molecule has 0 aliphatic carbocycles. The highest BCUT2D eigenvalue weighted by atomic mass is 15.0. The Morgan fingerprint density at radius 3 is 2.50 bits per heavy atom. The number of amidine groups is 1. The molecule has 3 heteroatoms. The van der Waals surface area contributed by atoms with Crippen LogP contribution >= 0.6 is 0 Å². The quantitative estimate of drug-likeness (QED) is 0.229. The molecule has 0 amide bonds. The van der Waals surface area contributed by atoms with E-state index < -0.39 is 0 Å². The van der Waals surface area contributed by atoms with Crippen molar-refractivity contribution in [3.63, 3.8) is 0 Å². The Kier molecular flexibility index (Phi) is 2.40. The minimum atomic E-state index is 0.356. The molecule has 0 heterocycles. The summed E-state index contributed by atoms with van der Waals surface area (Å²) < 4.78 is 0. The van der Waals surface area contributed by atoms with Gasteiger partial charge in [0.05, 0.1) is 12.5 Å². The van der Waals surface area contributed by atoms with Crippen molar-refractivity contribution in [2.24, 2.45) is 5.73 Å². The van der Waals surface area contributed by atoms with Crippen molar-refractivity contribution in [2.75, 3.05) is 6.67 Å². The summed E-state index contributed by atoms with van der Waals surface area (Å²) in [7, 11) is 0. The summed E-state index contributed by atoms with van der Waals surface area (Å²) in [5.41, 5.74) is 4.98. The van der Waals surface area contributed by atoms with E-state index >= 15 is 0 Å². The number of hydrogen-bond acceptors (Lipinski definition) is 2. The molecule has 0 atom stereocenters. The fourth-order valence-electron chi connectivity index (χ4n) is 0.153. The molecule has 0 aliphatic rings. The van der Waals surface area contributed by atoms with Gasteiger partial charge in [-0.25, -0.2) is 0 Å². The van der Waals surface area contributed by atoms with Gasteiger partial charge in [0.1, 0.15) is 0 Å². The van der Waals surface area contributed by atoms with Crippen LogP contribution in [0.2, 0.25) is 0 Å². The topological polar surface area (TPSA) is 61.9 Å². The number of hydrogen-bond donors (Lipinski definition) is 3. The van der Waals surface area contributed by atoms with E-state index in [1.54, 1.807) is 6.92 Å². The van der Waals surface area contributed by atoms with E-state index in [4.69, 9.17) is 11.1 Å². The first-order valence-corrected chi connectivity index (χ1v) is 1.76. The Balaban J connectivity index is 2.83. The molecule has 0 saturated carbocycles. The molecule has 6 heavy (non-hydrogen) atoms. The molecule has 4 N–H and O–H groups in total. The number of nitrogens with two attached hydrogens (primary N) is 1. The molecule has 0 fully saturated rings. The summed E-state index contributed by atoms with van der Waals surface area (Å²) in [6, 6.07) is 0. The van der Waals surface area contributed by atoms with Crippen molar-refractivity contribution >= 4 is 5.84 Å². The number of nitrogens with one attached hydrogen (secondary N) is 2. The lowest BCUT2D eigenvalue weighted by Gasteiger charge is -1.93.